The van der Waals surface area contributed by atoms with E-state index < -0.39 is 22.2 Å². The van der Waals surface area contributed by atoms with E-state index in [2.05, 4.69) is 25.3 Å². The molecule has 1 heterocycles. The number of hydrogen-bond acceptors (Lipinski definition) is 7. The first kappa shape index (κ1) is 25.8. The van der Waals surface area contributed by atoms with Crippen molar-refractivity contribution < 1.29 is 31.5 Å². The predicted molar refractivity (Wildman–Crippen MR) is 116 cm³/mol. The highest BCUT2D eigenvalue weighted by Crippen LogP contribution is 2.22. The fourth-order valence-corrected chi connectivity index (χ4v) is 3.18. The summed E-state index contributed by atoms with van der Waals surface area (Å²) < 4.78 is 57.8. The first-order valence-corrected chi connectivity index (χ1v) is 10.7. The zero-order valence-electron chi connectivity index (χ0n) is 16.8. The van der Waals surface area contributed by atoms with Crippen molar-refractivity contribution in [3.63, 3.8) is 0 Å². The van der Waals surface area contributed by atoms with Crippen LogP contribution in [0.2, 0.25) is 5.02 Å². The molecule has 0 aliphatic carbocycles. The van der Waals surface area contributed by atoms with Crippen molar-refractivity contribution in [2.24, 2.45) is 0 Å². The molecule has 3 rings (SSSR count). The fourth-order valence-electron chi connectivity index (χ4n) is 2.21. The number of halogens is 4. The fraction of sp³-hybridized carbons (Fsp3) is 0.105. The number of nitrogens with zero attached hydrogens (tertiary/aromatic N) is 2. The Morgan fingerprint density at radius 3 is 1.97 bits per heavy atom. The van der Waals surface area contributed by atoms with Gasteiger partial charge in [-0.05, 0) is 43.4 Å². The average Bonchev–Trinajstić information content (AvgIpc) is 2.74. The van der Waals surface area contributed by atoms with E-state index in [1.54, 1.807) is 30.3 Å². The topological polar surface area (TPSA) is 133 Å². The lowest BCUT2D eigenvalue weighted by Crippen LogP contribution is -2.21. The smallest absolute Gasteiger partial charge is 0.475 e. The number of benzene rings is 2. The summed E-state index contributed by atoms with van der Waals surface area (Å²) >= 11 is 5.97. The quantitative estimate of drug-likeness (QED) is 0.394. The normalized spacial score (nSPS) is 11.2. The van der Waals surface area contributed by atoms with Crippen molar-refractivity contribution in [1.29, 1.82) is 0 Å². The maximum Gasteiger partial charge on any atom is 0.490 e. The van der Waals surface area contributed by atoms with Crippen molar-refractivity contribution >= 4 is 50.6 Å². The number of carboxylic acids is 1. The minimum Gasteiger partial charge on any atom is -0.475 e. The van der Waals surface area contributed by atoms with E-state index in [9.17, 15) is 21.6 Å². The summed E-state index contributed by atoms with van der Waals surface area (Å²) in [5.74, 6) is -1.67. The molecule has 0 unspecified atom stereocenters. The van der Waals surface area contributed by atoms with Crippen LogP contribution in [0.15, 0.2) is 65.8 Å². The SMILES string of the molecule is CNS(=O)(=O)c1cccc(Nc2cc(Nc3cccc(Cl)c3)ncn2)c1.O=C(O)C(F)(F)F. The van der Waals surface area contributed by atoms with Crippen LogP contribution in [0.5, 0.6) is 0 Å². The number of aliphatic carboxylic acids is 1. The lowest BCUT2D eigenvalue weighted by atomic mass is 10.3. The number of anilines is 4. The van der Waals surface area contributed by atoms with Gasteiger partial charge in [0.2, 0.25) is 10.0 Å². The van der Waals surface area contributed by atoms with Crippen molar-refractivity contribution in [2.75, 3.05) is 17.7 Å². The lowest BCUT2D eigenvalue weighted by molar-refractivity contribution is -0.192. The Kier molecular flexibility index (Phi) is 8.56. The van der Waals surface area contributed by atoms with Crippen LogP contribution in [0.3, 0.4) is 0 Å². The van der Waals surface area contributed by atoms with E-state index in [-0.39, 0.29) is 4.90 Å². The van der Waals surface area contributed by atoms with Gasteiger partial charge in [-0.3, -0.25) is 0 Å². The zero-order chi connectivity index (χ0) is 24.6. The monoisotopic (exact) mass is 503 g/mol. The summed E-state index contributed by atoms with van der Waals surface area (Å²) in [5.41, 5.74) is 1.39. The number of hydrogen-bond donors (Lipinski definition) is 4. The van der Waals surface area contributed by atoms with Gasteiger partial charge in [0.15, 0.2) is 0 Å². The van der Waals surface area contributed by atoms with Gasteiger partial charge in [-0.15, -0.1) is 0 Å². The predicted octanol–water partition coefficient (Wildman–Crippen LogP) is 4.16. The molecule has 0 fully saturated rings. The Morgan fingerprint density at radius 1 is 0.970 bits per heavy atom. The Balaban J connectivity index is 0.000000479. The summed E-state index contributed by atoms with van der Waals surface area (Å²) in [6, 6.07) is 15.4. The molecule has 0 amide bonds. The molecular weight excluding hydrogens is 487 g/mol. The van der Waals surface area contributed by atoms with E-state index in [1.807, 2.05) is 12.1 Å². The molecule has 0 saturated heterocycles. The minimum absolute atomic E-state index is 0.163. The molecule has 0 radical (unpaired) electrons. The number of sulfonamides is 1. The van der Waals surface area contributed by atoms with Gasteiger partial charge in [-0.25, -0.2) is 27.9 Å². The molecule has 2 aromatic carbocycles. The largest absolute Gasteiger partial charge is 0.490 e. The van der Waals surface area contributed by atoms with E-state index in [0.29, 0.717) is 22.3 Å². The van der Waals surface area contributed by atoms with Gasteiger partial charge in [0.25, 0.3) is 0 Å². The molecular formula is C19H17ClF3N5O4S. The average molecular weight is 504 g/mol. The van der Waals surface area contributed by atoms with Crippen LogP contribution in [-0.4, -0.2) is 42.7 Å². The molecule has 3 aromatic rings. The lowest BCUT2D eigenvalue weighted by Gasteiger charge is -2.10. The summed E-state index contributed by atoms with van der Waals surface area (Å²) in [5, 5.41) is 13.9. The second-order valence-electron chi connectivity index (χ2n) is 6.09. The summed E-state index contributed by atoms with van der Waals surface area (Å²) in [4.78, 5) is 17.4. The van der Waals surface area contributed by atoms with Crippen LogP contribution in [0.1, 0.15) is 0 Å². The van der Waals surface area contributed by atoms with Gasteiger partial charge in [-0.2, -0.15) is 13.2 Å². The molecule has 0 saturated carbocycles. The Hall–Kier alpha value is -3.42. The zero-order valence-corrected chi connectivity index (χ0v) is 18.3. The molecule has 4 N–H and O–H groups in total. The van der Waals surface area contributed by atoms with E-state index in [0.717, 1.165) is 5.69 Å². The number of rotatable bonds is 6. The Labute approximate surface area is 191 Å². The molecule has 0 aliphatic rings. The summed E-state index contributed by atoms with van der Waals surface area (Å²) in [6.07, 6.45) is -3.68. The van der Waals surface area contributed by atoms with Crippen LogP contribution in [0.25, 0.3) is 0 Å². The number of nitrogens with one attached hydrogen (secondary N) is 3. The number of carboxylic acid groups (broad SMARTS) is 1. The van der Waals surface area contributed by atoms with Crippen molar-refractivity contribution in [3.05, 3.63) is 65.9 Å². The van der Waals surface area contributed by atoms with E-state index in [1.165, 1.54) is 25.5 Å². The number of alkyl halides is 3. The third-order valence-electron chi connectivity index (χ3n) is 3.69. The van der Waals surface area contributed by atoms with Crippen LogP contribution in [0, 0.1) is 0 Å². The summed E-state index contributed by atoms with van der Waals surface area (Å²) in [7, 11) is -2.14. The maximum absolute atomic E-state index is 11.9. The van der Waals surface area contributed by atoms with Crippen molar-refractivity contribution in [1.82, 2.24) is 14.7 Å². The van der Waals surface area contributed by atoms with Crippen molar-refractivity contribution in [3.8, 4) is 0 Å². The molecule has 33 heavy (non-hydrogen) atoms. The highest BCUT2D eigenvalue weighted by atomic mass is 35.5. The highest BCUT2D eigenvalue weighted by molar-refractivity contribution is 7.89. The van der Waals surface area contributed by atoms with Gasteiger partial charge in [0, 0.05) is 22.5 Å². The van der Waals surface area contributed by atoms with Gasteiger partial charge in [-0.1, -0.05) is 23.7 Å². The van der Waals surface area contributed by atoms with Gasteiger partial charge >= 0.3 is 12.1 Å². The van der Waals surface area contributed by atoms with Gasteiger partial charge in [0.05, 0.1) is 4.90 Å². The van der Waals surface area contributed by atoms with Crippen molar-refractivity contribution in [2.45, 2.75) is 11.1 Å². The van der Waals surface area contributed by atoms with Crippen LogP contribution in [0.4, 0.5) is 36.2 Å². The third-order valence-corrected chi connectivity index (χ3v) is 5.34. The number of carbonyl (C=O) groups is 1. The first-order chi connectivity index (χ1) is 15.4. The molecule has 176 valence electrons. The number of aromatic nitrogens is 2. The highest BCUT2D eigenvalue weighted by Gasteiger charge is 2.38. The van der Waals surface area contributed by atoms with Crippen LogP contribution < -0.4 is 15.4 Å². The molecule has 0 atom stereocenters. The van der Waals surface area contributed by atoms with Crippen LogP contribution in [-0.2, 0) is 14.8 Å². The second-order valence-corrected chi connectivity index (χ2v) is 8.41. The molecule has 1 aromatic heterocycles. The van der Waals surface area contributed by atoms with E-state index in [4.69, 9.17) is 21.5 Å². The van der Waals surface area contributed by atoms with Gasteiger partial charge < -0.3 is 15.7 Å². The molecule has 0 bridgehead atoms. The van der Waals surface area contributed by atoms with E-state index >= 15 is 0 Å². The molecule has 9 nitrogen and oxygen atoms in total. The first-order valence-electron chi connectivity index (χ1n) is 8.86. The van der Waals surface area contributed by atoms with Gasteiger partial charge in [0.1, 0.15) is 18.0 Å². The minimum atomic E-state index is -5.08. The third kappa shape index (κ3) is 8.21. The Morgan fingerprint density at radius 2 is 1.48 bits per heavy atom. The summed E-state index contributed by atoms with van der Waals surface area (Å²) in [6.45, 7) is 0. The maximum atomic E-state index is 11.9. The molecule has 14 heteroatoms. The second kappa shape index (κ2) is 10.9. The van der Waals surface area contributed by atoms with Crippen LogP contribution >= 0.6 is 11.6 Å². The Bertz CT molecular complexity index is 1230. The molecule has 0 aliphatic heterocycles. The standard InChI is InChI=1S/C17H16ClN5O2S.C2HF3O2/c1-19-26(24,25)15-7-3-6-14(9-15)23-17-10-16(20-11-21-17)22-13-5-2-4-12(18)8-13;3-2(4,5)1(6)7/h2-11,19H,1H3,(H2,20,21,22,23);(H,6,7). The molecule has 0 spiro atoms.